The highest BCUT2D eigenvalue weighted by atomic mass is 79.9. The second-order valence-corrected chi connectivity index (χ2v) is 7.40. The summed E-state index contributed by atoms with van der Waals surface area (Å²) in [6.45, 7) is 2.94. The van der Waals surface area contributed by atoms with Gasteiger partial charge in [-0.1, -0.05) is 45.5 Å². The molecule has 0 fully saturated rings. The lowest BCUT2D eigenvalue weighted by molar-refractivity contribution is 0.103. The van der Waals surface area contributed by atoms with Crippen molar-refractivity contribution < 1.29 is 9.53 Å². The van der Waals surface area contributed by atoms with Crippen LogP contribution in [0.25, 0.3) is 0 Å². The zero-order chi connectivity index (χ0) is 18.4. The van der Waals surface area contributed by atoms with E-state index >= 15 is 0 Å². The zero-order valence-electron chi connectivity index (χ0n) is 14.2. The molecule has 0 aliphatic carbocycles. The van der Waals surface area contributed by atoms with E-state index in [1.165, 1.54) is 11.3 Å². The van der Waals surface area contributed by atoms with Gasteiger partial charge in [0.25, 0.3) is 5.91 Å². The molecular weight excluding hydrogens is 414 g/mol. The highest BCUT2D eigenvalue weighted by Crippen LogP contribution is 2.23. The van der Waals surface area contributed by atoms with E-state index < -0.39 is 0 Å². The summed E-state index contributed by atoms with van der Waals surface area (Å²) in [6, 6.07) is 17.1. The van der Waals surface area contributed by atoms with Crippen LogP contribution in [0, 0.1) is 6.92 Å². The summed E-state index contributed by atoms with van der Waals surface area (Å²) in [5.41, 5.74) is 1.47. The van der Waals surface area contributed by atoms with Crippen LogP contribution in [0.15, 0.2) is 59.1 Å². The second kappa shape index (κ2) is 8.82. The molecule has 1 amide bonds. The van der Waals surface area contributed by atoms with E-state index in [4.69, 9.17) is 4.74 Å². The van der Waals surface area contributed by atoms with Gasteiger partial charge in [0.1, 0.15) is 17.2 Å². The number of benzene rings is 2. The van der Waals surface area contributed by atoms with Crippen molar-refractivity contribution in [3.05, 3.63) is 69.6 Å². The summed E-state index contributed by atoms with van der Waals surface area (Å²) in [6.07, 6.45) is 0. The van der Waals surface area contributed by atoms with Gasteiger partial charge in [0.15, 0.2) is 5.13 Å². The molecule has 2 aromatic carbocycles. The largest absolute Gasteiger partial charge is 0.492 e. The van der Waals surface area contributed by atoms with Crippen molar-refractivity contribution in [2.45, 2.75) is 6.92 Å². The first kappa shape index (κ1) is 18.4. The van der Waals surface area contributed by atoms with Gasteiger partial charge in [-0.2, -0.15) is 0 Å². The second-order valence-electron chi connectivity index (χ2n) is 5.48. The number of amides is 1. The monoisotopic (exact) mass is 431 g/mol. The standard InChI is InChI=1S/C19H18BrN3O2S/c1-13-17(18(24)23-15-5-3-2-4-6-15)26-19(22-13)21-11-12-25-16-9-7-14(20)8-10-16/h2-10H,11-12H2,1H3,(H,21,22)(H,23,24). The number of para-hydroxylation sites is 1. The van der Waals surface area contributed by atoms with E-state index in [-0.39, 0.29) is 5.91 Å². The number of aromatic nitrogens is 1. The van der Waals surface area contributed by atoms with Crippen molar-refractivity contribution in [2.24, 2.45) is 0 Å². The molecule has 0 aliphatic heterocycles. The van der Waals surface area contributed by atoms with Crippen LogP contribution in [0.3, 0.4) is 0 Å². The molecular formula is C19H18BrN3O2S. The topological polar surface area (TPSA) is 63.3 Å². The van der Waals surface area contributed by atoms with E-state index in [1.54, 1.807) is 0 Å². The molecule has 3 rings (SSSR count). The number of nitrogens with zero attached hydrogens (tertiary/aromatic N) is 1. The fourth-order valence-corrected chi connectivity index (χ4v) is 3.40. The van der Waals surface area contributed by atoms with Gasteiger partial charge in [-0.05, 0) is 43.3 Å². The lowest BCUT2D eigenvalue weighted by Gasteiger charge is -2.06. The summed E-state index contributed by atoms with van der Waals surface area (Å²) < 4.78 is 6.68. The van der Waals surface area contributed by atoms with E-state index in [0.717, 1.165) is 15.9 Å². The fraction of sp³-hybridized carbons (Fsp3) is 0.158. The van der Waals surface area contributed by atoms with Gasteiger partial charge in [0.2, 0.25) is 0 Å². The molecule has 0 radical (unpaired) electrons. The Morgan fingerprint density at radius 3 is 2.62 bits per heavy atom. The summed E-state index contributed by atoms with van der Waals surface area (Å²) in [5.74, 6) is 0.665. The van der Waals surface area contributed by atoms with Gasteiger partial charge in [-0.3, -0.25) is 4.79 Å². The average molecular weight is 432 g/mol. The van der Waals surface area contributed by atoms with Crippen molar-refractivity contribution in [2.75, 3.05) is 23.8 Å². The Morgan fingerprint density at radius 1 is 1.15 bits per heavy atom. The Balaban J connectivity index is 1.51. The quantitative estimate of drug-likeness (QED) is 0.519. The lowest BCUT2D eigenvalue weighted by atomic mass is 10.3. The third-order valence-electron chi connectivity index (χ3n) is 3.50. The van der Waals surface area contributed by atoms with Crippen molar-refractivity contribution in [3.63, 3.8) is 0 Å². The lowest BCUT2D eigenvalue weighted by Crippen LogP contribution is -2.11. The van der Waals surface area contributed by atoms with Crippen LogP contribution in [-0.4, -0.2) is 24.0 Å². The summed E-state index contributed by atoms with van der Waals surface area (Å²) in [5, 5.41) is 6.79. The molecule has 5 nitrogen and oxygen atoms in total. The number of aryl methyl sites for hydroxylation is 1. The average Bonchev–Trinajstić information content (AvgIpc) is 3.02. The summed E-state index contributed by atoms with van der Waals surface area (Å²) in [7, 11) is 0. The number of thiazole rings is 1. The molecule has 3 aromatic rings. The number of hydrogen-bond donors (Lipinski definition) is 2. The number of carbonyl (C=O) groups is 1. The first-order valence-corrected chi connectivity index (χ1v) is 9.69. The molecule has 134 valence electrons. The van der Waals surface area contributed by atoms with Crippen LogP contribution in [0.4, 0.5) is 10.8 Å². The van der Waals surface area contributed by atoms with Crippen molar-refractivity contribution >= 4 is 44.0 Å². The Hall–Kier alpha value is -2.38. The molecule has 1 heterocycles. The maximum absolute atomic E-state index is 12.4. The molecule has 0 bridgehead atoms. The number of rotatable bonds is 7. The highest BCUT2D eigenvalue weighted by Gasteiger charge is 2.15. The van der Waals surface area contributed by atoms with Gasteiger partial charge in [-0.25, -0.2) is 4.98 Å². The van der Waals surface area contributed by atoms with Crippen LogP contribution < -0.4 is 15.4 Å². The third-order valence-corrected chi connectivity index (χ3v) is 5.14. The van der Waals surface area contributed by atoms with Gasteiger partial charge >= 0.3 is 0 Å². The Labute approximate surface area is 164 Å². The van der Waals surface area contributed by atoms with Crippen LogP contribution >= 0.6 is 27.3 Å². The normalized spacial score (nSPS) is 10.4. The maximum Gasteiger partial charge on any atom is 0.267 e. The molecule has 0 saturated carbocycles. The highest BCUT2D eigenvalue weighted by molar-refractivity contribution is 9.10. The van der Waals surface area contributed by atoms with Crippen LogP contribution in [0.1, 0.15) is 15.4 Å². The Kier molecular flexibility index (Phi) is 6.25. The molecule has 0 saturated heterocycles. The first-order valence-electron chi connectivity index (χ1n) is 8.08. The molecule has 0 spiro atoms. The van der Waals surface area contributed by atoms with Crippen LogP contribution in [-0.2, 0) is 0 Å². The number of ether oxygens (including phenoxy) is 1. The third kappa shape index (κ3) is 5.06. The minimum Gasteiger partial charge on any atom is -0.492 e. The molecule has 0 atom stereocenters. The van der Waals surface area contributed by atoms with Gasteiger partial charge in [-0.15, -0.1) is 0 Å². The molecule has 0 aliphatic rings. The number of hydrogen-bond acceptors (Lipinski definition) is 5. The van der Waals surface area contributed by atoms with Gasteiger partial charge in [0.05, 0.1) is 12.2 Å². The summed E-state index contributed by atoms with van der Waals surface area (Å²) in [4.78, 5) is 17.4. The number of halogens is 1. The zero-order valence-corrected chi connectivity index (χ0v) is 16.6. The van der Waals surface area contributed by atoms with E-state index in [1.807, 2.05) is 61.5 Å². The SMILES string of the molecule is Cc1nc(NCCOc2ccc(Br)cc2)sc1C(=O)Nc1ccccc1. The number of anilines is 2. The van der Waals surface area contributed by atoms with Gasteiger partial charge < -0.3 is 15.4 Å². The molecule has 1 aromatic heterocycles. The first-order chi connectivity index (χ1) is 12.6. The molecule has 2 N–H and O–H groups in total. The van der Waals surface area contributed by atoms with Crippen molar-refractivity contribution in [1.29, 1.82) is 0 Å². The number of carbonyl (C=O) groups excluding carboxylic acids is 1. The number of nitrogens with one attached hydrogen (secondary N) is 2. The Bertz CT molecular complexity index is 866. The van der Waals surface area contributed by atoms with Crippen LogP contribution in [0.2, 0.25) is 0 Å². The minimum atomic E-state index is -0.148. The van der Waals surface area contributed by atoms with Gasteiger partial charge in [0, 0.05) is 10.2 Å². The smallest absolute Gasteiger partial charge is 0.267 e. The molecule has 26 heavy (non-hydrogen) atoms. The predicted molar refractivity (Wildman–Crippen MR) is 109 cm³/mol. The van der Waals surface area contributed by atoms with Crippen LogP contribution in [0.5, 0.6) is 5.75 Å². The molecule has 7 heteroatoms. The Morgan fingerprint density at radius 2 is 1.88 bits per heavy atom. The summed E-state index contributed by atoms with van der Waals surface area (Å²) >= 11 is 4.73. The minimum absolute atomic E-state index is 0.148. The maximum atomic E-state index is 12.4. The van der Waals surface area contributed by atoms with Crippen molar-refractivity contribution in [1.82, 2.24) is 4.98 Å². The van der Waals surface area contributed by atoms with E-state index in [9.17, 15) is 4.79 Å². The van der Waals surface area contributed by atoms with Crippen molar-refractivity contribution in [3.8, 4) is 5.75 Å². The fourth-order valence-electron chi connectivity index (χ4n) is 2.25. The van der Waals surface area contributed by atoms with E-state index in [2.05, 4.69) is 31.5 Å². The van der Waals surface area contributed by atoms with E-state index in [0.29, 0.717) is 28.9 Å². The predicted octanol–water partition coefficient (Wildman–Crippen LogP) is 4.96. The molecule has 0 unspecified atom stereocenters.